The number of hydrogen-bond acceptors (Lipinski definition) is 5. The summed E-state index contributed by atoms with van der Waals surface area (Å²) in [6.07, 6.45) is 1.34. The van der Waals surface area contributed by atoms with Crippen molar-refractivity contribution in [1.29, 1.82) is 0 Å². The van der Waals surface area contributed by atoms with Crippen molar-refractivity contribution in [3.05, 3.63) is 39.5 Å². The summed E-state index contributed by atoms with van der Waals surface area (Å²) in [5.74, 6) is -0.247. The maximum atomic E-state index is 11.5. The van der Waals surface area contributed by atoms with Crippen LogP contribution >= 0.6 is 0 Å². The maximum Gasteiger partial charge on any atom is 0.223 e. The average Bonchev–Trinajstić information content (AvgIpc) is 2.49. The van der Waals surface area contributed by atoms with Gasteiger partial charge in [-0.1, -0.05) is 0 Å². The van der Waals surface area contributed by atoms with Crippen LogP contribution in [0.4, 0.5) is 0 Å². The quantitative estimate of drug-likeness (QED) is 0.501. The number of nitrogens with two attached hydrogens (primary N) is 2. The van der Waals surface area contributed by atoms with Gasteiger partial charge >= 0.3 is 0 Å². The molecule has 1 aromatic rings. The highest BCUT2D eigenvalue weighted by atomic mass is 16.3. The number of hydrogen-bond donors (Lipinski definition) is 4. The van der Waals surface area contributed by atoms with Gasteiger partial charge in [0.25, 0.3) is 0 Å². The summed E-state index contributed by atoms with van der Waals surface area (Å²) in [6, 6.07) is 1.45. The zero-order valence-corrected chi connectivity index (χ0v) is 13.8. The number of nitrogens with one attached hydrogen (secondary N) is 1. The van der Waals surface area contributed by atoms with E-state index in [0.29, 0.717) is 6.54 Å². The highest BCUT2D eigenvalue weighted by Gasteiger charge is 2.20. The van der Waals surface area contributed by atoms with E-state index in [9.17, 15) is 9.90 Å². The molecule has 1 saturated heterocycles. The molecule has 0 bridgehead atoms. The third kappa shape index (κ3) is 4.67. The Labute approximate surface area is 135 Å². The Morgan fingerprint density at radius 1 is 1.30 bits per heavy atom. The van der Waals surface area contributed by atoms with Gasteiger partial charge in [0.2, 0.25) is 5.43 Å². The molecule has 1 fully saturated rings. The maximum absolute atomic E-state index is 11.5. The van der Waals surface area contributed by atoms with E-state index >= 15 is 0 Å². The summed E-state index contributed by atoms with van der Waals surface area (Å²) in [6.45, 7) is 8.86. The van der Waals surface area contributed by atoms with Gasteiger partial charge in [0.05, 0.1) is 5.57 Å². The number of aromatic nitrogens is 1. The topological polar surface area (TPSA) is 111 Å². The van der Waals surface area contributed by atoms with Crippen molar-refractivity contribution in [3.63, 3.8) is 0 Å². The van der Waals surface area contributed by atoms with Gasteiger partial charge in [-0.05, 0) is 6.92 Å². The van der Waals surface area contributed by atoms with Crippen LogP contribution in [0.1, 0.15) is 19.5 Å². The van der Waals surface area contributed by atoms with Crippen LogP contribution in [-0.2, 0) is 6.54 Å². The molecule has 126 valence electrons. The van der Waals surface area contributed by atoms with Crippen molar-refractivity contribution < 1.29 is 10.5 Å². The fourth-order valence-corrected chi connectivity index (χ4v) is 2.73. The Balaban J connectivity index is 1.88. The van der Waals surface area contributed by atoms with E-state index in [-0.39, 0.29) is 11.2 Å². The van der Waals surface area contributed by atoms with Crippen molar-refractivity contribution in [2.24, 2.45) is 5.73 Å². The molecule has 0 radical (unpaired) electrons. The molecule has 1 aromatic heterocycles. The van der Waals surface area contributed by atoms with Gasteiger partial charge in [-0.15, -0.1) is 0 Å². The molecule has 0 unspecified atom stereocenters. The minimum Gasteiger partial charge on any atom is -0.503 e. The molecule has 1 aliphatic heterocycles. The minimum atomic E-state index is -0.348. The standard InChI is InChI=1S/C16H25N5O2/c1-11(17)14(12(2)18)10-21-5-3-20(4-6-21)9-13-7-15(22)16(23)8-19-13/h7-8,17,23H,3-6,9-10,18H2,1-2H3,(H,19,22)/p+1/b14-12-,17-11?. The molecule has 6 N–H and O–H groups in total. The van der Waals surface area contributed by atoms with Crippen molar-refractivity contribution in [1.82, 2.24) is 14.8 Å². The van der Waals surface area contributed by atoms with Crippen LogP contribution in [0.5, 0.6) is 5.75 Å². The van der Waals surface area contributed by atoms with Gasteiger partial charge in [-0.3, -0.25) is 20.0 Å². The number of H-pyrrole nitrogens is 1. The second-order valence-electron chi connectivity index (χ2n) is 6.10. The van der Waals surface area contributed by atoms with Crippen LogP contribution < -0.4 is 16.6 Å². The van der Waals surface area contributed by atoms with E-state index in [1.54, 1.807) is 0 Å². The van der Waals surface area contributed by atoms with Crippen LogP contribution in [0.25, 0.3) is 0 Å². The SMILES string of the molecule is CC(=[NH2+])/C(CN1CCN(Cc2cc(=O)c(O)c[nH]2)CC1)=C(/C)N. The molecule has 2 heterocycles. The van der Waals surface area contributed by atoms with Gasteiger partial charge < -0.3 is 15.8 Å². The Morgan fingerprint density at radius 3 is 2.43 bits per heavy atom. The first-order valence-corrected chi connectivity index (χ1v) is 7.76. The lowest BCUT2D eigenvalue weighted by Gasteiger charge is -2.34. The van der Waals surface area contributed by atoms with Crippen LogP contribution in [0.15, 0.2) is 28.3 Å². The van der Waals surface area contributed by atoms with Crippen LogP contribution in [-0.4, -0.2) is 58.3 Å². The second-order valence-corrected chi connectivity index (χ2v) is 6.10. The third-order valence-electron chi connectivity index (χ3n) is 4.14. The predicted molar refractivity (Wildman–Crippen MR) is 89.9 cm³/mol. The molecule has 0 atom stereocenters. The zero-order valence-electron chi connectivity index (χ0n) is 13.8. The highest BCUT2D eigenvalue weighted by molar-refractivity contribution is 5.94. The molecular weight excluding hydrogens is 294 g/mol. The third-order valence-corrected chi connectivity index (χ3v) is 4.14. The van der Waals surface area contributed by atoms with Crippen molar-refractivity contribution in [2.45, 2.75) is 20.4 Å². The predicted octanol–water partition coefficient (Wildman–Crippen LogP) is -1.35. The average molecular weight is 320 g/mol. The van der Waals surface area contributed by atoms with Gasteiger partial charge in [0, 0.05) is 69.8 Å². The molecule has 1 aliphatic rings. The van der Waals surface area contributed by atoms with E-state index in [4.69, 9.17) is 11.1 Å². The van der Waals surface area contributed by atoms with Gasteiger partial charge in [0.15, 0.2) is 11.5 Å². The lowest BCUT2D eigenvalue weighted by Crippen LogP contribution is -2.49. The summed E-state index contributed by atoms with van der Waals surface area (Å²) < 4.78 is 0. The first-order chi connectivity index (χ1) is 10.9. The van der Waals surface area contributed by atoms with Crippen molar-refractivity contribution >= 4 is 5.71 Å². The monoisotopic (exact) mass is 320 g/mol. The van der Waals surface area contributed by atoms with Crippen molar-refractivity contribution in [2.75, 3.05) is 32.7 Å². The van der Waals surface area contributed by atoms with Crippen LogP contribution in [0.3, 0.4) is 0 Å². The smallest absolute Gasteiger partial charge is 0.223 e. The number of aromatic amines is 1. The molecule has 0 amide bonds. The van der Waals surface area contributed by atoms with Crippen LogP contribution in [0, 0.1) is 0 Å². The van der Waals surface area contributed by atoms with Gasteiger partial charge in [-0.2, -0.15) is 0 Å². The summed E-state index contributed by atoms with van der Waals surface area (Å²) >= 11 is 0. The van der Waals surface area contributed by atoms with Gasteiger partial charge in [0.1, 0.15) is 0 Å². The molecule has 0 aliphatic carbocycles. The van der Waals surface area contributed by atoms with E-state index in [1.807, 2.05) is 13.8 Å². The Bertz CT molecular complexity index is 653. The molecule has 2 rings (SSSR count). The van der Waals surface area contributed by atoms with E-state index in [0.717, 1.165) is 55.4 Å². The Kier molecular flexibility index (Phi) is 5.57. The summed E-state index contributed by atoms with van der Waals surface area (Å²) in [5.41, 5.74) is 8.92. The zero-order chi connectivity index (χ0) is 17.0. The highest BCUT2D eigenvalue weighted by Crippen LogP contribution is 2.10. The summed E-state index contributed by atoms with van der Waals surface area (Å²) in [5, 5.41) is 15.2. The summed E-state index contributed by atoms with van der Waals surface area (Å²) in [7, 11) is 0. The molecule has 0 saturated carbocycles. The van der Waals surface area contributed by atoms with Crippen molar-refractivity contribution in [3.8, 4) is 5.75 Å². The molecule has 23 heavy (non-hydrogen) atoms. The molecule has 7 nitrogen and oxygen atoms in total. The largest absolute Gasteiger partial charge is 0.503 e. The van der Waals surface area contributed by atoms with Crippen LogP contribution in [0.2, 0.25) is 0 Å². The fraction of sp³-hybridized carbons (Fsp3) is 0.500. The van der Waals surface area contributed by atoms with E-state index < -0.39 is 0 Å². The Morgan fingerprint density at radius 2 is 1.91 bits per heavy atom. The minimum absolute atomic E-state index is 0.247. The van der Waals surface area contributed by atoms with E-state index in [1.165, 1.54) is 12.3 Å². The second kappa shape index (κ2) is 7.43. The number of nitrogens with zero attached hydrogens (tertiary/aromatic N) is 2. The molecular formula is C16H26N5O2+. The number of aromatic hydroxyl groups is 1. The normalized spacial score (nSPS) is 17.8. The number of pyridine rings is 1. The van der Waals surface area contributed by atoms with Gasteiger partial charge in [-0.25, -0.2) is 0 Å². The first-order valence-electron chi connectivity index (χ1n) is 7.76. The Hall–Kier alpha value is -2.12. The number of piperazine rings is 1. The molecule has 0 aromatic carbocycles. The molecule has 0 spiro atoms. The van der Waals surface area contributed by atoms with E-state index in [2.05, 4.69) is 14.8 Å². The lowest BCUT2D eigenvalue weighted by atomic mass is 10.1. The number of rotatable bonds is 5. The summed E-state index contributed by atoms with van der Waals surface area (Å²) in [4.78, 5) is 19.0. The fourth-order valence-electron chi connectivity index (χ4n) is 2.73. The first kappa shape index (κ1) is 17.2. The lowest BCUT2D eigenvalue weighted by molar-refractivity contribution is -0.114. The molecule has 7 heteroatoms. The number of allylic oxidation sites excluding steroid dienone is 1.